The molecular formula is C13H16N4O5S. The van der Waals surface area contributed by atoms with Crippen molar-refractivity contribution in [1.82, 2.24) is 14.9 Å². The van der Waals surface area contributed by atoms with Gasteiger partial charge in [-0.3, -0.25) is 0 Å². The molecule has 0 spiro atoms. The second-order valence-electron chi connectivity index (χ2n) is 4.43. The van der Waals surface area contributed by atoms with Gasteiger partial charge in [-0.25, -0.2) is 17.9 Å². The number of nitrogens with one attached hydrogen (secondary N) is 1. The zero-order chi connectivity index (χ0) is 16.9. The van der Waals surface area contributed by atoms with Crippen LogP contribution in [-0.2, 0) is 21.2 Å². The van der Waals surface area contributed by atoms with Crippen molar-refractivity contribution in [3.63, 3.8) is 0 Å². The number of nitrogen functional groups attached to an aromatic ring is 1. The highest BCUT2D eigenvalue weighted by molar-refractivity contribution is 7.89. The molecule has 0 fully saturated rings. The second kappa shape index (κ2) is 7.20. The lowest BCUT2D eigenvalue weighted by atomic mass is 10.2. The van der Waals surface area contributed by atoms with Gasteiger partial charge in [0.25, 0.3) is 0 Å². The van der Waals surface area contributed by atoms with Crippen molar-refractivity contribution in [2.45, 2.75) is 18.2 Å². The largest absolute Gasteiger partial charge is 0.462 e. The van der Waals surface area contributed by atoms with Gasteiger partial charge in [0, 0.05) is 13.0 Å². The summed E-state index contributed by atoms with van der Waals surface area (Å²) in [6.07, 6.45) is 0.213. The Hall–Kier alpha value is -2.46. The Morgan fingerprint density at radius 1 is 1.30 bits per heavy atom. The summed E-state index contributed by atoms with van der Waals surface area (Å²) in [5, 5.41) is 7.10. The van der Waals surface area contributed by atoms with Crippen LogP contribution < -0.4 is 10.5 Å². The third kappa shape index (κ3) is 4.50. The molecule has 0 unspecified atom stereocenters. The zero-order valence-corrected chi connectivity index (χ0v) is 13.2. The Balaban J connectivity index is 1.97. The summed E-state index contributed by atoms with van der Waals surface area (Å²) >= 11 is 0. The smallest absolute Gasteiger partial charge is 0.338 e. The van der Waals surface area contributed by atoms with Gasteiger partial charge in [0.15, 0.2) is 0 Å². The normalized spacial score (nSPS) is 11.3. The summed E-state index contributed by atoms with van der Waals surface area (Å²) in [6.45, 7) is 2.02. The average Bonchev–Trinajstić information content (AvgIpc) is 2.93. The van der Waals surface area contributed by atoms with Crippen LogP contribution in [-0.4, -0.2) is 37.7 Å². The number of anilines is 1. The maximum Gasteiger partial charge on any atom is 0.338 e. The van der Waals surface area contributed by atoms with Gasteiger partial charge in [0.2, 0.25) is 15.9 Å². The van der Waals surface area contributed by atoms with E-state index in [1.165, 1.54) is 24.3 Å². The molecule has 124 valence electrons. The quantitative estimate of drug-likeness (QED) is 0.689. The Bertz CT molecular complexity index is 770. The van der Waals surface area contributed by atoms with Gasteiger partial charge in [-0.05, 0) is 31.2 Å². The van der Waals surface area contributed by atoms with E-state index >= 15 is 0 Å². The van der Waals surface area contributed by atoms with Gasteiger partial charge < -0.3 is 14.9 Å². The van der Waals surface area contributed by atoms with E-state index < -0.39 is 16.0 Å². The Morgan fingerprint density at radius 2 is 2.00 bits per heavy atom. The van der Waals surface area contributed by atoms with Crippen LogP contribution in [0.4, 0.5) is 6.01 Å². The molecule has 0 saturated carbocycles. The Morgan fingerprint density at radius 3 is 2.57 bits per heavy atom. The first-order valence-electron chi connectivity index (χ1n) is 6.77. The SMILES string of the molecule is CCOC(=O)c1ccc(S(=O)(=O)NCCc2nnc(N)o2)cc1. The molecule has 2 aromatic rings. The number of nitrogens with zero attached hydrogens (tertiary/aromatic N) is 2. The molecule has 1 aromatic carbocycles. The van der Waals surface area contributed by atoms with Gasteiger partial charge >= 0.3 is 12.0 Å². The van der Waals surface area contributed by atoms with E-state index in [4.69, 9.17) is 14.9 Å². The minimum absolute atomic E-state index is 0.0376. The molecule has 10 heteroatoms. The summed E-state index contributed by atoms with van der Waals surface area (Å²) in [4.78, 5) is 11.6. The molecule has 0 bridgehead atoms. The number of rotatable bonds is 7. The van der Waals surface area contributed by atoms with Crippen molar-refractivity contribution in [3.8, 4) is 0 Å². The van der Waals surface area contributed by atoms with E-state index in [1.54, 1.807) is 6.92 Å². The van der Waals surface area contributed by atoms with E-state index in [-0.39, 0.29) is 41.9 Å². The number of benzene rings is 1. The first kappa shape index (κ1) is 16.9. The predicted molar refractivity (Wildman–Crippen MR) is 80.0 cm³/mol. The number of hydrogen-bond donors (Lipinski definition) is 2. The van der Waals surface area contributed by atoms with Crippen LogP contribution in [0.5, 0.6) is 0 Å². The number of carbonyl (C=O) groups is 1. The van der Waals surface area contributed by atoms with Gasteiger partial charge in [-0.1, -0.05) is 5.10 Å². The molecule has 0 radical (unpaired) electrons. The molecule has 1 aromatic heterocycles. The van der Waals surface area contributed by atoms with Crippen molar-refractivity contribution in [2.75, 3.05) is 18.9 Å². The van der Waals surface area contributed by atoms with E-state index in [9.17, 15) is 13.2 Å². The van der Waals surface area contributed by atoms with Crippen molar-refractivity contribution in [3.05, 3.63) is 35.7 Å². The molecule has 0 aliphatic rings. The third-order valence-corrected chi connectivity index (χ3v) is 4.27. The highest BCUT2D eigenvalue weighted by Crippen LogP contribution is 2.11. The monoisotopic (exact) mass is 340 g/mol. The number of ether oxygens (including phenoxy) is 1. The molecule has 2 rings (SSSR count). The Kier molecular flexibility index (Phi) is 5.29. The van der Waals surface area contributed by atoms with Crippen molar-refractivity contribution >= 4 is 22.0 Å². The maximum absolute atomic E-state index is 12.1. The lowest BCUT2D eigenvalue weighted by Gasteiger charge is -2.06. The predicted octanol–water partition coefficient (Wildman–Crippen LogP) is 0.349. The van der Waals surface area contributed by atoms with Crippen LogP contribution in [0.2, 0.25) is 0 Å². The van der Waals surface area contributed by atoms with Gasteiger partial charge in [0.05, 0.1) is 17.1 Å². The number of carbonyl (C=O) groups excluding carboxylic acids is 1. The lowest BCUT2D eigenvalue weighted by Crippen LogP contribution is -2.26. The maximum atomic E-state index is 12.1. The summed E-state index contributed by atoms with van der Waals surface area (Å²) in [7, 11) is -3.70. The standard InChI is InChI=1S/C13H16N4O5S/c1-2-21-12(18)9-3-5-10(6-4-9)23(19,20)15-8-7-11-16-17-13(14)22-11/h3-6,15H,2,7-8H2,1H3,(H2,14,17). The number of aromatic nitrogens is 2. The summed E-state index contributed by atoms with van der Waals surface area (Å²) in [6, 6.07) is 5.38. The fourth-order valence-electron chi connectivity index (χ4n) is 1.73. The molecule has 23 heavy (non-hydrogen) atoms. The van der Waals surface area contributed by atoms with E-state index in [2.05, 4.69) is 14.9 Å². The third-order valence-electron chi connectivity index (χ3n) is 2.79. The molecule has 9 nitrogen and oxygen atoms in total. The van der Waals surface area contributed by atoms with E-state index in [1.807, 2.05) is 0 Å². The van der Waals surface area contributed by atoms with Crippen molar-refractivity contribution in [1.29, 1.82) is 0 Å². The first-order valence-corrected chi connectivity index (χ1v) is 8.25. The lowest BCUT2D eigenvalue weighted by molar-refractivity contribution is 0.0526. The Labute approximate surface area is 132 Å². The van der Waals surface area contributed by atoms with Crippen LogP contribution in [0, 0.1) is 0 Å². The van der Waals surface area contributed by atoms with Gasteiger partial charge in [-0.15, -0.1) is 5.10 Å². The molecule has 0 aliphatic carbocycles. The molecule has 0 amide bonds. The number of hydrogen-bond acceptors (Lipinski definition) is 8. The van der Waals surface area contributed by atoms with Crippen LogP contribution in [0.15, 0.2) is 33.6 Å². The van der Waals surface area contributed by atoms with Gasteiger partial charge in [0.1, 0.15) is 0 Å². The molecule has 1 heterocycles. The highest BCUT2D eigenvalue weighted by Gasteiger charge is 2.15. The summed E-state index contributed by atoms with van der Waals surface area (Å²) in [5.41, 5.74) is 5.55. The van der Waals surface area contributed by atoms with E-state index in [0.29, 0.717) is 0 Å². The molecule has 3 N–H and O–H groups in total. The van der Waals surface area contributed by atoms with Crippen molar-refractivity contribution < 1.29 is 22.4 Å². The fourth-order valence-corrected chi connectivity index (χ4v) is 2.76. The van der Waals surface area contributed by atoms with Crippen LogP contribution in [0.1, 0.15) is 23.2 Å². The zero-order valence-electron chi connectivity index (χ0n) is 12.4. The second-order valence-corrected chi connectivity index (χ2v) is 6.19. The minimum atomic E-state index is -3.70. The minimum Gasteiger partial charge on any atom is -0.462 e. The highest BCUT2D eigenvalue weighted by atomic mass is 32.2. The average molecular weight is 340 g/mol. The van der Waals surface area contributed by atoms with Gasteiger partial charge in [-0.2, -0.15) is 0 Å². The molecule has 0 atom stereocenters. The number of esters is 1. The molecule has 0 saturated heterocycles. The van der Waals surface area contributed by atoms with Crippen LogP contribution >= 0.6 is 0 Å². The first-order chi connectivity index (χ1) is 10.9. The molecular weight excluding hydrogens is 324 g/mol. The van der Waals surface area contributed by atoms with Crippen molar-refractivity contribution in [2.24, 2.45) is 0 Å². The molecule has 0 aliphatic heterocycles. The topological polar surface area (TPSA) is 137 Å². The van der Waals surface area contributed by atoms with E-state index in [0.717, 1.165) is 0 Å². The summed E-state index contributed by atoms with van der Waals surface area (Å²) < 4.78 is 36.4. The van der Waals surface area contributed by atoms with Crippen LogP contribution in [0.25, 0.3) is 0 Å². The number of nitrogens with two attached hydrogens (primary N) is 1. The summed E-state index contributed by atoms with van der Waals surface area (Å²) in [5.74, 6) is -0.263. The number of sulfonamides is 1. The fraction of sp³-hybridized carbons (Fsp3) is 0.308. The van der Waals surface area contributed by atoms with Crippen LogP contribution in [0.3, 0.4) is 0 Å².